The van der Waals surface area contributed by atoms with Gasteiger partial charge in [0.1, 0.15) is 0 Å². The quantitative estimate of drug-likeness (QED) is 0.455. The van der Waals surface area contributed by atoms with Crippen molar-refractivity contribution in [3.8, 4) is 0 Å². The van der Waals surface area contributed by atoms with Gasteiger partial charge in [-0.05, 0) is 26.1 Å². The average molecular weight is 176 g/mol. The van der Waals surface area contributed by atoms with Gasteiger partial charge >= 0.3 is 16.6 Å². The predicted octanol–water partition coefficient (Wildman–Crippen LogP) is 0.793. The fourth-order valence-corrected chi connectivity index (χ4v) is 1.63. The Balaban J connectivity index is 3.04. The topological polar surface area (TPSA) is 18.5 Å². The van der Waals surface area contributed by atoms with E-state index >= 15 is 0 Å². The summed E-state index contributed by atoms with van der Waals surface area (Å²) < 4.78 is 10.6. The minimum atomic E-state index is -1.25. The number of hydrogen-bond donors (Lipinski definition) is 0. The molecule has 0 fully saturated rings. The van der Waals surface area contributed by atoms with Crippen molar-refractivity contribution >= 4 is 24.9 Å². The summed E-state index contributed by atoms with van der Waals surface area (Å²) >= 11 is 0.851. The van der Waals surface area contributed by atoms with Crippen LogP contribution in [0.3, 0.4) is 0 Å². The number of rotatable bonds is 5. The molecular formula is C6H17AlO2Si. The van der Waals surface area contributed by atoms with Gasteiger partial charge in [-0.15, -0.1) is 0 Å². The first-order chi connectivity index (χ1) is 4.56. The maximum Gasteiger partial charge on any atom is 0.410 e. The van der Waals surface area contributed by atoms with E-state index in [0.29, 0.717) is 0 Å². The lowest BCUT2D eigenvalue weighted by molar-refractivity contribution is 0.254. The Morgan fingerprint density at radius 1 is 1.20 bits per heavy atom. The van der Waals surface area contributed by atoms with Gasteiger partial charge in [-0.2, -0.15) is 0 Å². The monoisotopic (exact) mass is 176 g/mol. The molecule has 0 aromatic carbocycles. The van der Waals surface area contributed by atoms with Crippen LogP contribution in [0.5, 0.6) is 0 Å². The molecule has 0 aromatic heterocycles. The van der Waals surface area contributed by atoms with E-state index in [1.54, 1.807) is 0 Å². The fraction of sp³-hybridized carbons (Fsp3) is 1.00. The molecule has 0 aliphatic rings. The van der Waals surface area contributed by atoms with Gasteiger partial charge in [-0.25, -0.2) is 0 Å². The van der Waals surface area contributed by atoms with Crippen LogP contribution in [0.2, 0.25) is 19.6 Å². The van der Waals surface area contributed by atoms with Crippen molar-refractivity contribution < 1.29 is 8.21 Å². The molecule has 2 nitrogen and oxygen atoms in total. The summed E-state index contributed by atoms with van der Waals surface area (Å²) in [7, 11) is -1.25. The largest absolute Gasteiger partial charge is 0.506 e. The third-order valence-corrected chi connectivity index (χ3v) is 2.51. The Labute approximate surface area is 72.8 Å². The first-order valence-electron chi connectivity index (χ1n) is 3.69. The molecule has 0 saturated heterocycles. The zero-order valence-corrected chi connectivity index (χ0v) is 10.4. The molecule has 0 saturated carbocycles. The Hall–Kier alpha value is 0.669. The van der Waals surface area contributed by atoms with Crippen LogP contribution in [0, 0.1) is 0 Å². The van der Waals surface area contributed by atoms with Crippen LogP contribution < -0.4 is 0 Å². The second kappa shape index (κ2) is 5.34. The van der Waals surface area contributed by atoms with Crippen LogP contribution in [0.4, 0.5) is 0 Å². The van der Waals surface area contributed by atoms with E-state index in [4.69, 9.17) is 8.21 Å². The lowest BCUT2D eigenvalue weighted by Gasteiger charge is -2.16. The van der Waals surface area contributed by atoms with Crippen molar-refractivity contribution in [2.45, 2.75) is 26.1 Å². The second-order valence-corrected chi connectivity index (χ2v) is 8.40. The summed E-state index contributed by atoms with van der Waals surface area (Å²) in [4.78, 5) is 0. The van der Waals surface area contributed by atoms with Gasteiger partial charge in [0, 0.05) is 13.2 Å². The molecule has 0 radical (unpaired) electrons. The molecule has 0 unspecified atom stereocenters. The van der Waals surface area contributed by atoms with Gasteiger partial charge in [-0.1, -0.05) is 0 Å². The zero-order chi connectivity index (χ0) is 8.04. The first-order valence-corrected chi connectivity index (χ1v) is 7.91. The SMILES string of the molecule is C[Si](C)(C)OCCC[O][AlH2]. The minimum absolute atomic E-state index is 0.851. The van der Waals surface area contributed by atoms with Gasteiger partial charge in [0.25, 0.3) is 0 Å². The van der Waals surface area contributed by atoms with Gasteiger partial charge in [0.05, 0.1) is 0 Å². The van der Waals surface area contributed by atoms with Crippen LogP contribution in [-0.2, 0) is 8.21 Å². The van der Waals surface area contributed by atoms with Crippen molar-refractivity contribution in [3.05, 3.63) is 0 Å². The van der Waals surface area contributed by atoms with Crippen LogP contribution in [-0.4, -0.2) is 38.2 Å². The average Bonchev–Trinajstić information content (AvgIpc) is 1.78. The van der Waals surface area contributed by atoms with Crippen molar-refractivity contribution in [1.29, 1.82) is 0 Å². The number of hydrogen-bond acceptors (Lipinski definition) is 2. The molecule has 0 atom stereocenters. The van der Waals surface area contributed by atoms with E-state index in [0.717, 1.165) is 36.3 Å². The van der Waals surface area contributed by atoms with Gasteiger partial charge < -0.3 is 8.21 Å². The Kier molecular flexibility index (Phi) is 5.69. The molecule has 0 heterocycles. The van der Waals surface area contributed by atoms with Crippen LogP contribution >= 0.6 is 0 Å². The Morgan fingerprint density at radius 2 is 1.80 bits per heavy atom. The fourth-order valence-electron chi connectivity index (χ4n) is 0.582. The van der Waals surface area contributed by atoms with Gasteiger partial charge in [0.2, 0.25) is 0 Å². The normalized spacial score (nSPS) is 11.9. The molecule has 0 spiro atoms. The van der Waals surface area contributed by atoms with Crippen molar-refractivity contribution in [2.24, 2.45) is 0 Å². The highest BCUT2D eigenvalue weighted by Crippen LogP contribution is 2.02. The first kappa shape index (κ1) is 10.7. The van der Waals surface area contributed by atoms with E-state index in [2.05, 4.69) is 19.6 Å². The highest BCUT2D eigenvalue weighted by atomic mass is 28.4. The molecule has 10 heavy (non-hydrogen) atoms. The third kappa shape index (κ3) is 8.67. The smallest absolute Gasteiger partial charge is 0.410 e. The maximum atomic E-state index is 5.61. The van der Waals surface area contributed by atoms with Gasteiger partial charge in [0.15, 0.2) is 8.32 Å². The minimum Gasteiger partial charge on any atom is -0.506 e. The second-order valence-electron chi connectivity index (χ2n) is 3.31. The van der Waals surface area contributed by atoms with E-state index < -0.39 is 8.32 Å². The molecule has 0 aliphatic carbocycles. The zero-order valence-electron chi connectivity index (χ0n) is 7.44. The van der Waals surface area contributed by atoms with Crippen molar-refractivity contribution in [1.82, 2.24) is 0 Å². The van der Waals surface area contributed by atoms with Crippen LogP contribution in [0.15, 0.2) is 0 Å². The molecule has 0 amide bonds. The molecule has 0 aliphatic heterocycles. The molecule has 0 aromatic rings. The third-order valence-electron chi connectivity index (χ3n) is 1.03. The van der Waals surface area contributed by atoms with Crippen LogP contribution in [0.1, 0.15) is 6.42 Å². The molecule has 0 bridgehead atoms. The van der Waals surface area contributed by atoms with Crippen molar-refractivity contribution in [3.63, 3.8) is 0 Å². The van der Waals surface area contributed by atoms with E-state index in [1.807, 2.05) is 0 Å². The predicted molar refractivity (Wildman–Crippen MR) is 48.4 cm³/mol. The van der Waals surface area contributed by atoms with E-state index in [1.165, 1.54) is 0 Å². The summed E-state index contributed by atoms with van der Waals surface area (Å²) in [6.45, 7) is 8.35. The molecular weight excluding hydrogens is 159 g/mol. The van der Waals surface area contributed by atoms with E-state index in [9.17, 15) is 0 Å². The van der Waals surface area contributed by atoms with E-state index in [-0.39, 0.29) is 0 Å². The van der Waals surface area contributed by atoms with Gasteiger partial charge in [-0.3, -0.25) is 0 Å². The summed E-state index contributed by atoms with van der Waals surface area (Å²) in [6, 6.07) is 0. The van der Waals surface area contributed by atoms with Crippen molar-refractivity contribution in [2.75, 3.05) is 13.2 Å². The summed E-state index contributed by atoms with van der Waals surface area (Å²) in [6.07, 6.45) is 1.05. The maximum absolute atomic E-state index is 5.61. The highest BCUT2D eigenvalue weighted by molar-refractivity contribution is 6.69. The molecule has 0 rings (SSSR count). The highest BCUT2D eigenvalue weighted by Gasteiger charge is 2.12. The summed E-state index contributed by atoms with van der Waals surface area (Å²) in [5, 5.41) is 0. The standard InChI is InChI=1S/C6H15O2Si.Al.2H/c1-9(2,3)8-6-4-5-7;;;/h4-6H2,1-3H3;;;/q-1;+1;;. The molecule has 4 heteroatoms. The lowest BCUT2D eigenvalue weighted by atomic mass is 10.5. The molecule has 0 N–H and O–H groups in total. The summed E-state index contributed by atoms with van der Waals surface area (Å²) in [5.74, 6) is 0. The Morgan fingerprint density at radius 3 is 2.20 bits per heavy atom. The summed E-state index contributed by atoms with van der Waals surface area (Å²) in [5.41, 5.74) is 0. The Bertz CT molecular complexity index is 82.3. The lowest BCUT2D eigenvalue weighted by Crippen LogP contribution is -2.26. The van der Waals surface area contributed by atoms with Crippen LogP contribution in [0.25, 0.3) is 0 Å². The molecule has 60 valence electrons.